The second kappa shape index (κ2) is 7.64. The molecule has 1 amide bonds. The molecule has 0 heterocycles. The highest BCUT2D eigenvalue weighted by atomic mass is 16.5. The van der Waals surface area contributed by atoms with Gasteiger partial charge >= 0.3 is 0 Å². The van der Waals surface area contributed by atoms with Crippen molar-refractivity contribution in [1.29, 1.82) is 0 Å². The van der Waals surface area contributed by atoms with Gasteiger partial charge in [0.05, 0.1) is 20.6 Å². The minimum Gasteiger partial charge on any atom is -0.496 e. The number of amides is 1. The summed E-state index contributed by atoms with van der Waals surface area (Å²) in [6.07, 6.45) is 0.183. The molecule has 0 unspecified atom stereocenters. The third kappa shape index (κ3) is 3.93. The summed E-state index contributed by atoms with van der Waals surface area (Å²) in [5, 5.41) is 2.82. The van der Waals surface area contributed by atoms with Gasteiger partial charge in [-0.05, 0) is 44.2 Å². The fourth-order valence-corrected chi connectivity index (χ4v) is 2.54. The first-order chi connectivity index (χ1) is 11.5. The zero-order chi connectivity index (χ0) is 17.7. The van der Waals surface area contributed by atoms with Crippen LogP contribution < -0.4 is 14.8 Å². The molecule has 0 spiro atoms. The number of ketones is 1. The molecule has 0 fully saturated rings. The van der Waals surface area contributed by atoms with Crippen molar-refractivity contribution in [2.24, 2.45) is 0 Å². The summed E-state index contributed by atoms with van der Waals surface area (Å²) < 4.78 is 10.7. The first-order valence-corrected chi connectivity index (χ1v) is 7.57. The monoisotopic (exact) mass is 327 g/mol. The van der Waals surface area contributed by atoms with Crippen LogP contribution in [0.3, 0.4) is 0 Å². The van der Waals surface area contributed by atoms with Gasteiger partial charge < -0.3 is 14.8 Å². The van der Waals surface area contributed by atoms with Crippen molar-refractivity contribution in [3.63, 3.8) is 0 Å². The molecule has 2 aromatic rings. The number of methoxy groups -OCH3 is 2. The number of benzene rings is 2. The first-order valence-electron chi connectivity index (χ1n) is 7.57. The van der Waals surface area contributed by atoms with Crippen LogP contribution in [0.2, 0.25) is 0 Å². The van der Waals surface area contributed by atoms with Gasteiger partial charge in [0.1, 0.15) is 11.5 Å². The smallest absolute Gasteiger partial charge is 0.228 e. The molecule has 5 nitrogen and oxygen atoms in total. The average Bonchev–Trinajstić information content (AvgIpc) is 2.55. The van der Waals surface area contributed by atoms with E-state index in [1.165, 1.54) is 6.92 Å². The molecular formula is C19H21NO4. The van der Waals surface area contributed by atoms with E-state index in [1.807, 2.05) is 19.1 Å². The molecular weight excluding hydrogens is 306 g/mol. The van der Waals surface area contributed by atoms with Crippen molar-refractivity contribution < 1.29 is 19.1 Å². The SMILES string of the molecule is COc1ccc(CC(=O)Nc2ccc(C(C)=O)cc2)c(OC)c1C. The molecule has 0 saturated carbocycles. The number of hydrogen-bond acceptors (Lipinski definition) is 4. The molecule has 5 heteroatoms. The van der Waals surface area contributed by atoms with Crippen molar-refractivity contribution in [2.75, 3.05) is 19.5 Å². The fraction of sp³-hybridized carbons (Fsp3) is 0.263. The van der Waals surface area contributed by atoms with E-state index in [1.54, 1.807) is 38.5 Å². The lowest BCUT2D eigenvalue weighted by atomic mass is 10.1. The minimum atomic E-state index is -0.159. The van der Waals surface area contributed by atoms with Gasteiger partial charge in [0.2, 0.25) is 5.91 Å². The Balaban J connectivity index is 2.12. The molecule has 0 atom stereocenters. The largest absolute Gasteiger partial charge is 0.496 e. The Bertz CT molecular complexity index is 751. The lowest BCUT2D eigenvalue weighted by Crippen LogP contribution is -2.15. The average molecular weight is 327 g/mol. The first kappa shape index (κ1) is 17.5. The Morgan fingerprint density at radius 3 is 2.21 bits per heavy atom. The number of carbonyl (C=O) groups excluding carboxylic acids is 2. The molecule has 0 saturated heterocycles. The fourth-order valence-electron chi connectivity index (χ4n) is 2.54. The highest BCUT2D eigenvalue weighted by molar-refractivity contribution is 5.96. The van der Waals surface area contributed by atoms with Gasteiger partial charge in [-0.1, -0.05) is 6.07 Å². The van der Waals surface area contributed by atoms with E-state index < -0.39 is 0 Å². The molecule has 126 valence electrons. The quantitative estimate of drug-likeness (QED) is 0.826. The Hall–Kier alpha value is -2.82. The van der Waals surface area contributed by atoms with Crippen molar-refractivity contribution in [2.45, 2.75) is 20.3 Å². The second-order valence-electron chi connectivity index (χ2n) is 5.44. The van der Waals surface area contributed by atoms with Gasteiger partial charge in [0, 0.05) is 22.4 Å². The molecule has 0 radical (unpaired) electrons. The Labute approximate surface area is 141 Å². The number of ether oxygens (including phenoxy) is 2. The van der Waals surface area contributed by atoms with Crippen molar-refractivity contribution >= 4 is 17.4 Å². The molecule has 24 heavy (non-hydrogen) atoms. The number of carbonyl (C=O) groups is 2. The van der Waals surface area contributed by atoms with E-state index >= 15 is 0 Å². The molecule has 2 aromatic carbocycles. The summed E-state index contributed by atoms with van der Waals surface area (Å²) >= 11 is 0. The maximum absolute atomic E-state index is 12.3. The van der Waals surface area contributed by atoms with Gasteiger partial charge in [0.25, 0.3) is 0 Å². The molecule has 0 aromatic heterocycles. The zero-order valence-electron chi connectivity index (χ0n) is 14.3. The lowest BCUT2D eigenvalue weighted by molar-refractivity contribution is -0.115. The van der Waals surface area contributed by atoms with Gasteiger partial charge in [-0.2, -0.15) is 0 Å². The van der Waals surface area contributed by atoms with Crippen LogP contribution >= 0.6 is 0 Å². The van der Waals surface area contributed by atoms with Crippen molar-refractivity contribution in [1.82, 2.24) is 0 Å². The van der Waals surface area contributed by atoms with Crippen LogP contribution in [0.1, 0.15) is 28.4 Å². The summed E-state index contributed by atoms with van der Waals surface area (Å²) in [4.78, 5) is 23.5. The predicted molar refractivity (Wildman–Crippen MR) is 93.1 cm³/mol. The summed E-state index contributed by atoms with van der Waals surface area (Å²) in [6.45, 7) is 3.39. The van der Waals surface area contributed by atoms with E-state index in [0.29, 0.717) is 17.0 Å². The Morgan fingerprint density at radius 1 is 1.00 bits per heavy atom. The van der Waals surface area contributed by atoms with E-state index in [4.69, 9.17) is 9.47 Å². The van der Waals surface area contributed by atoms with Crippen LogP contribution in [-0.2, 0) is 11.2 Å². The number of Topliss-reactive ketones (excluding diaryl/α,β-unsaturated/α-hetero) is 1. The molecule has 0 aliphatic rings. The standard InChI is InChI=1S/C19H21NO4/c1-12-17(23-3)10-7-15(19(12)24-4)11-18(22)20-16-8-5-14(6-9-16)13(2)21/h5-10H,11H2,1-4H3,(H,20,22). The van der Waals surface area contributed by atoms with Gasteiger partial charge in [-0.15, -0.1) is 0 Å². The predicted octanol–water partition coefficient (Wildman–Crippen LogP) is 3.40. The minimum absolute atomic E-state index is 0.00804. The molecule has 2 rings (SSSR count). The van der Waals surface area contributed by atoms with Crippen LogP contribution in [-0.4, -0.2) is 25.9 Å². The van der Waals surface area contributed by atoms with E-state index in [2.05, 4.69) is 5.32 Å². The summed E-state index contributed by atoms with van der Waals surface area (Å²) in [5.41, 5.74) is 2.90. The van der Waals surface area contributed by atoms with Crippen LogP contribution in [0.15, 0.2) is 36.4 Å². The highest BCUT2D eigenvalue weighted by Crippen LogP contribution is 2.31. The molecule has 1 N–H and O–H groups in total. The van der Waals surface area contributed by atoms with Gasteiger partial charge in [0.15, 0.2) is 5.78 Å². The van der Waals surface area contributed by atoms with E-state index in [-0.39, 0.29) is 18.1 Å². The van der Waals surface area contributed by atoms with Crippen LogP contribution in [0.25, 0.3) is 0 Å². The molecule has 0 aliphatic carbocycles. The van der Waals surface area contributed by atoms with E-state index in [9.17, 15) is 9.59 Å². The summed E-state index contributed by atoms with van der Waals surface area (Å²) in [6, 6.07) is 10.5. The van der Waals surface area contributed by atoms with Crippen molar-refractivity contribution in [3.8, 4) is 11.5 Å². The third-order valence-corrected chi connectivity index (χ3v) is 3.79. The van der Waals surface area contributed by atoms with Crippen LogP contribution in [0.5, 0.6) is 11.5 Å². The van der Waals surface area contributed by atoms with Crippen LogP contribution in [0, 0.1) is 6.92 Å². The second-order valence-corrected chi connectivity index (χ2v) is 5.44. The van der Waals surface area contributed by atoms with Crippen molar-refractivity contribution in [3.05, 3.63) is 53.1 Å². The maximum Gasteiger partial charge on any atom is 0.228 e. The number of rotatable bonds is 6. The van der Waals surface area contributed by atoms with Gasteiger partial charge in [-0.3, -0.25) is 9.59 Å². The topological polar surface area (TPSA) is 64.6 Å². The summed E-state index contributed by atoms with van der Waals surface area (Å²) in [7, 11) is 3.17. The zero-order valence-corrected chi connectivity index (χ0v) is 14.3. The van der Waals surface area contributed by atoms with Gasteiger partial charge in [-0.25, -0.2) is 0 Å². The number of nitrogens with one attached hydrogen (secondary N) is 1. The van der Waals surface area contributed by atoms with Crippen LogP contribution in [0.4, 0.5) is 5.69 Å². The highest BCUT2D eigenvalue weighted by Gasteiger charge is 2.14. The number of anilines is 1. The Morgan fingerprint density at radius 2 is 1.67 bits per heavy atom. The molecule has 0 aliphatic heterocycles. The third-order valence-electron chi connectivity index (χ3n) is 3.79. The molecule has 0 bridgehead atoms. The number of hydrogen-bond donors (Lipinski definition) is 1. The maximum atomic E-state index is 12.3. The van der Waals surface area contributed by atoms with E-state index in [0.717, 1.165) is 16.9 Å². The Kier molecular flexibility index (Phi) is 5.58. The summed E-state index contributed by atoms with van der Waals surface area (Å²) in [5.74, 6) is 1.20. The normalized spacial score (nSPS) is 10.2. The lowest BCUT2D eigenvalue weighted by Gasteiger charge is -2.14.